The van der Waals surface area contributed by atoms with Gasteiger partial charge in [0.25, 0.3) is 0 Å². The number of aromatic nitrogens is 4. The molecular weight excluding hydrogens is 450 g/mol. The monoisotopic (exact) mass is 479 g/mol. The Morgan fingerprint density at radius 1 is 1.17 bits per heavy atom. The van der Waals surface area contributed by atoms with Crippen LogP contribution in [0.5, 0.6) is 5.75 Å². The first kappa shape index (κ1) is 24.2. The maximum Gasteiger partial charge on any atom is 0.413 e. The molecule has 1 saturated carbocycles. The lowest BCUT2D eigenvalue weighted by atomic mass is 9.87. The maximum absolute atomic E-state index is 12.6. The van der Waals surface area contributed by atoms with Crippen molar-refractivity contribution < 1.29 is 24.2 Å². The Hall–Kier alpha value is -3.95. The van der Waals surface area contributed by atoms with Gasteiger partial charge >= 0.3 is 12.1 Å². The summed E-state index contributed by atoms with van der Waals surface area (Å²) in [5, 5.41) is 20.2. The third kappa shape index (κ3) is 5.76. The number of aryl methyl sites for hydroxylation is 2. The molecule has 1 fully saturated rings. The third-order valence-corrected chi connectivity index (χ3v) is 6.15. The summed E-state index contributed by atoms with van der Waals surface area (Å²) >= 11 is 0. The summed E-state index contributed by atoms with van der Waals surface area (Å²) in [6.45, 7) is 3.61. The smallest absolute Gasteiger partial charge is 0.413 e. The summed E-state index contributed by atoms with van der Waals surface area (Å²) in [5.41, 5.74) is 2.43. The maximum atomic E-state index is 12.6. The minimum absolute atomic E-state index is 0.161. The minimum Gasteiger partial charge on any atom is -0.489 e. The van der Waals surface area contributed by atoms with Crippen LogP contribution in [0.3, 0.4) is 0 Å². The molecule has 2 N–H and O–H groups in total. The molecule has 1 aromatic carbocycles. The van der Waals surface area contributed by atoms with Crippen molar-refractivity contribution >= 4 is 17.9 Å². The first-order valence-electron chi connectivity index (χ1n) is 11.6. The molecule has 184 valence electrons. The molecule has 1 aliphatic carbocycles. The van der Waals surface area contributed by atoms with Crippen molar-refractivity contribution in [1.82, 2.24) is 20.0 Å². The number of carboxylic acid groups (broad SMARTS) is 1. The lowest BCUT2D eigenvalue weighted by molar-refractivity contribution is -0.143. The van der Waals surface area contributed by atoms with E-state index in [4.69, 9.17) is 9.47 Å². The van der Waals surface area contributed by atoms with E-state index in [0.717, 1.165) is 18.4 Å². The van der Waals surface area contributed by atoms with E-state index in [2.05, 4.69) is 20.6 Å². The van der Waals surface area contributed by atoms with E-state index >= 15 is 0 Å². The van der Waals surface area contributed by atoms with Crippen molar-refractivity contribution in [3.05, 3.63) is 53.7 Å². The van der Waals surface area contributed by atoms with Crippen molar-refractivity contribution in [2.75, 3.05) is 5.32 Å². The van der Waals surface area contributed by atoms with Gasteiger partial charge in [0, 0.05) is 7.05 Å². The van der Waals surface area contributed by atoms with E-state index in [0.29, 0.717) is 41.5 Å². The number of carbonyl (C=O) groups is 2. The summed E-state index contributed by atoms with van der Waals surface area (Å²) in [6.07, 6.45) is 1.57. The van der Waals surface area contributed by atoms with Gasteiger partial charge in [0.15, 0.2) is 11.5 Å². The summed E-state index contributed by atoms with van der Waals surface area (Å²) in [7, 11) is 1.67. The van der Waals surface area contributed by atoms with Crippen molar-refractivity contribution in [2.45, 2.75) is 51.7 Å². The van der Waals surface area contributed by atoms with Crippen LogP contribution in [0.2, 0.25) is 0 Å². The molecule has 0 bridgehead atoms. The largest absolute Gasteiger partial charge is 0.489 e. The summed E-state index contributed by atoms with van der Waals surface area (Å²) in [4.78, 5) is 28.5. The van der Waals surface area contributed by atoms with Gasteiger partial charge in [-0.2, -0.15) is 0 Å². The van der Waals surface area contributed by atoms with Gasteiger partial charge in [-0.1, -0.05) is 35.5 Å². The number of carbonyl (C=O) groups excluding carboxylic acids is 1. The van der Waals surface area contributed by atoms with E-state index in [9.17, 15) is 14.7 Å². The lowest BCUT2D eigenvalue weighted by Gasteiger charge is -2.27. The highest BCUT2D eigenvalue weighted by Crippen LogP contribution is 2.31. The molecule has 1 aliphatic rings. The summed E-state index contributed by atoms with van der Waals surface area (Å²) in [5.74, 6) is -0.201. The highest BCUT2D eigenvalue weighted by molar-refractivity contribution is 5.88. The Morgan fingerprint density at radius 2 is 1.94 bits per heavy atom. The first-order chi connectivity index (χ1) is 16.8. The second-order valence-electron chi connectivity index (χ2n) is 8.72. The van der Waals surface area contributed by atoms with Crippen LogP contribution in [-0.4, -0.2) is 43.3 Å². The third-order valence-electron chi connectivity index (χ3n) is 6.15. The number of rotatable bonds is 7. The number of pyridine rings is 1. The summed E-state index contributed by atoms with van der Waals surface area (Å²) in [6, 6.07) is 13.0. The number of nitrogens with zero attached hydrogens (tertiary/aromatic N) is 4. The van der Waals surface area contributed by atoms with Crippen LogP contribution in [0.1, 0.15) is 50.0 Å². The fourth-order valence-corrected chi connectivity index (χ4v) is 4.21. The zero-order chi connectivity index (χ0) is 24.9. The molecule has 10 nitrogen and oxygen atoms in total. The molecule has 10 heteroatoms. The number of ether oxygens (including phenoxy) is 2. The molecule has 0 spiro atoms. The first-order valence-corrected chi connectivity index (χ1v) is 11.6. The fraction of sp³-hybridized carbons (Fsp3) is 0.400. The Kier molecular flexibility index (Phi) is 7.28. The van der Waals surface area contributed by atoms with Crippen molar-refractivity contribution in [2.24, 2.45) is 13.0 Å². The predicted octanol–water partition coefficient (Wildman–Crippen LogP) is 4.52. The topological polar surface area (TPSA) is 128 Å². The number of anilines is 1. The summed E-state index contributed by atoms with van der Waals surface area (Å²) < 4.78 is 13.0. The lowest BCUT2D eigenvalue weighted by Crippen LogP contribution is -2.29. The second-order valence-corrected chi connectivity index (χ2v) is 8.72. The molecule has 3 aromatic rings. The molecule has 2 heterocycles. The number of hydrogen-bond donors (Lipinski definition) is 2. The molecule has 0 unspecified atom stereocenters. The number of nitrogens with one attached hydrogen (secondary N) is 1. The molecule has 3 atom stereocenters. The highest BCUT2D eigenvalue weighted by atomic mass is 16.6. The predicted molar refractivity (Wildman–Crippen MR) is 128 cm³/mol. The van der Waals surface area contributed by atoms with E-state index in [1.807, 2.05) is 37.3 Å². The Labute approximate surface area is 203 Å². The minimum atomic E-state index is -0.775. The molecule has 0 radical (unpaired) electrons. The van der Waals surface area contributed by atoms with E-state index in [-0.39, 0.29) is 12.0 Å². The van der Waals surface area contributed by atoms with Crippen LogP contribution in [0.25, 0.3) is 11.4 Å². The van der Waals surface area contributed by atoms with Gasteiger partial charge in [0.2, 0.25) is 0 Å². The van der Waals surface area contributed by atoms with Gasteiger partial charge in [0.1, 0.15) is 11.9 Å². The van der Waals surface area contributed by atoms with E-state index in [1.165, 1.54) is 4.68 Å². The van der Waals surface area contributed by atoms with Gasteiger partial charge in [-0.15, -0.1) is 5.10 Å². The average molecular weight is 480 g/mol. The number of carboxylic acids is 1. The van der Waals surface area contributed by atoms with Crippen LogP contribution in [0.15, 0.2) is 42.5 Å². The highest BCUT2D eigenvalue weighted by Gasteiger charge is 2.28. The molecule has 1 amide bonds. The van der Waals surface area contributed by atoms with Crippen LogP contribution in [-0.2, 0) is 16.6 Å². The SMILES string of the molecule is Cc1nc(-c2nnn(C)c2NC(=O)O[C@H](C)c2ccccc2)ccc1O[C@H]1CCC[C@H](C(=O)O)C1. The number of hydrogen-bond acceptors (Lipinski definition) is 7. The Bertz CT molecular complexity index is 1200. The zero-order valence-corrected chi connectivity index (χ0v) is 20.0. The van der Waals surface area contributed by atoms with Crippen LogP contribution >= 0.6 is 0 Å². The standard InChI is InChI=1S/C25H29N5O5/c1-15-21(35-19-11-7-10-18(14-19)24(31)32)13-12-20(26-15)22-23(30(3)29-28-22)27-25(33)34-16(2)17-8-5-4-6-9-17/h4-6,8-9,12-13,16,18-19H,7,10-11,14H2,1-3H3,(H,27,33)(H,31,32)/t16-,18+,19+/m1/s1. The van der Waals surface area contributed by atoms with E-state index < -0.39 is 18.2 Å². The number of amides is 1. The van der Waals surface area contributed by atoms with Crippen LogP contribution in [0.4, 0.5) is 10.6 Å². The molecule has 0 saturated heterocycles. The van der Waals surface area contributed by atoms with Crippen molar-refractivity contribution in [3.63, 3.8) is 0 Å². The molecule has 0 aliphatic heterocycles. The second kappa shape index (κ2) is 10.5. The molecule has 2 aromatic heterocycles. The zero-order valence-electron chi connectivity index (χ0n) is 20.0. The molecule has 35 heavy (non-hydrogen) atoms. The molecular formula is C25H29N5O5. The van der Waals surface area contributed by atoms with Gasteiger partial charge < -0.3 is 14.6 Å². The average Bonchev–Trinajstić information content (AvgIpc) is 3.20. The van der Waals surface area contributed by atoms with Gasteiger partial charge in [0.05, 0.1) is 23.4 Å². The fourth-order valence-electron chi connectivity index (χ4n) is 4.21. The molecule has 4 rings (SSSR count). The van der Waals surface area contributed by atoms with Crippen molar-refractivity contribution in [1.29, 1.82) is 0 Å². The van der Waals surface area contributed by atoms with E-state index in [1.54, 1.807) is 26.1 Å². The number of benzene rings is 1. The van der Waals surface area contributed by atoms with Gasteiger partial charge in [-0.3, -0.25) is 10.1 Å². The number of aliphatic carboxylic acids is 1. The Morgan fingerprint density at radius 3 is 2.66 bits per heavy atom. The van der Waals surface area contributed by atoms with Crippen molar-refractivity contribution in [3.8, 4) is 17.1 Å². The van der Waals surface area contributed by atoms with Gasteiger partial charge in [-0.25, -0.2) is 14.5 Å². The van der Waals surface area contributed by atoms with Gasteiger partial charge in [-0.05, 0) is 57.2 Å². The Balaban J connectivity index is 1.45. The van der Waals surface area contributed by atoms with Crippen LogP contribution < -0.4 is 10.1 Å². The normalized spacial score (nSPS) is 18.5. The van der Waals surface area contributed by atoms with Crippen LogP contribution in [0, 0.1) is 12.8 Å². The quantitative estimate of drug-likeness (QED) is 0.506.